The number of aliphatic hydroxyl groups is 1. The number of aliphatic hydroxyl groups excluding tert-OH is 1. The van der Waals surface area contributed by atoms with E-state index in [-0.39, 0.29) is 6.03 Å². The molecule has 0 aliphatic rings. The van der Waals surface area contributed by atoms with Crippen LogP contribution in [0.15, 0.2) is 48.5 Å². The number of hydrogen-bond donors (Lipinski definition) is 2. The standard InChI is InChI=1S/C20H23N3O2/c1-15(24)11-12-23(2)20(25)22-14-16-7-9-17(10-8-16)19-6-4-3-5-18(19)13-21/h3-10,15,24H,11-12,14H2,1-2H3,(H,22,25). The Hall–Kier alpha value is -2.84. The highest BCUT2D eigenvalue weighted by molar-refractivity contribution is 5.74. The Morgan fingerprint density at radius 2 is 1.92 bits per heavy atom. The van der Waals surface area contributed by atoms with Gasteiger partial charge in [0, 0.05) is 20.1 Å². The van der Waals surface area contributed by atoms with Gasteiger partial charge in [-0.15, -0.1) is 0 Å². The SMILES string of the molecule is CC(O)CCN(C)C(=O)NCc1ccc(-c2ccccc2C#N)cc1. The van der Waals surface area contributed by atoms with Gasteiger partial charge in [0.25, 0.3) is 0 Å². The van der Waals surface area contributed by atoms with E-state index in [4.69, 9.17) is 0 Å². The predicted octanol–water partition coefficient (Wildman–Crippen LogP) is 3.14. The molecule has 0 aliphatic carbocycles. The summed E-state index contributed by atoms with van der Waals surface area (Å²) in [7, 11) is 1.71. The zero-order valence-electron chi connectivity index (χ0n) is 14.6. The minimum Gasteiger partial charge on any atom is -0.393 e. The molecule has 5 nitrogen and oxygen atoms in total. The van der Waals surface area contributed by atoms with Crippen molar-refractivity contribution in [2.24, 2.45) is 0 Å². The third-order valence-electron chi connectivity index (χ3n) is 3.99. The zero-order valence-corrected chi connectivity index (χ0v) is 14.6. The van der Waals surface area contributed by atoms with Gasteiger partial charge in [0.05, 0.1) is 17.7 Å². The van der Waals surface area contributed by atoms with Gasteiger partial charge in [0.1, 0.15) is 0 Å². The van der Waals surface area contributed by atoms with Crippen molar-refractivity contribution in [1.82, 2.24) is 10.2 Å². The first-order valence-corrected chi connectivity index (χ1v) is 8.26. The fourth-order valence-electron chi connectivity index (χ4n) is 2.43. The summed E-state index contributed by atoms with van der Waals surface area (Å²) in [5.74, 6) is 0. The van der Waals surface area contributed by atoms with Crippen LogP contribution in [0, 0.1) is 11.3 Å². The normalized spacial score (nSPS) is 11.4. The summed E-state index contributed by atoms with van der Waals surface area (Å²) in [6.07, 6.45) is 0.135. The van der Waals surface area contributed by atoms with Gasteiger partial charge >= 0.3 is 6.03 Å². The number of amides is 2. The first-order valence-electron chi connectivity index (χ1n) is 8.26. The first-order chi connectivity index (χ1) is 12.0. The van der Waals surface area contributed by atoms with Crippen LogP contribution in [0.25, 0.3) is 11.1 Å². The highest BCUT2D eigenvalue weighted by Crippen LogP contribution is 2.23. The van der Waals surface area contributed by atoms with Crippen molar-refractivity contribution >= 4 is 6.03 Å². The lowest BCUT2D eigenvalue weighted by Crippen LogP contribution is -2.38. The quantitative estimate of drug-likeness (QED) is 0.850. The minimum absolute atomic E-state index is 0.167. The Labute approximate surface area is 148 Å². The molecule has 0 radical (unpaired) electrons. The highest BCUT2D eigenvalue weighted by atomic mass is 16.3. The summed E-state index contributed by atoms with van der Waals surface area (Å²) < 4.78 is 0. The Morgan fingerprint density at radius 3 is 2.56 bits per heavy atom. The summed E-state index contributed by atoms with van der Waals surface area (Å²) in [6.45, 7) is 2.64. The summed E-state index contributed by atoms with van der Waals surface area (Å²) >= 11 is 0. The van der Waals surface area contributed by atoms with Crippen LogP contribution in [0.3, 0.4) is 0 Å². The van der Waals surface area contributed by atoms with Crippen LogP contribution in [-0.2, 0) is 6.54 Å². The van der Waals surface area contributed by atoms with Crippen LogP contribution < -0.4 is 5.32 Å². The van der Waals surface area contributed by atoms with Crippen LogP contribution in [0.1, 0.15) is 24.5 Å². The molecule has 1 atom stereocenters. The Bertz CT molecular complexity index is 748. The molecule has 2 amide bonds. The average Bonchev–Trinajstić information content (AvgIpc) is 2.64. The third kappa shape index (κ3) is 5.33. The second-order valence-electron chi connectivity index (χ2n) is 6.07. The van der Waals surface area contributed by atoms with Gasteiger partial charge in [-0.2, -0.15) is 5.26 Å². The molecule has 2 aromatic rings. The monoisotopic (exact) mass is 337 g/mol. The highest BCUT2D eigenvalue weighted by Gasteiger charge is 2.09. The number of rotatable bonds is 6. The molecule has 0 fully saturated rings. The maximum atomic E-state index is 12.0. The summed E-state index contributed by atoms with van der Waals surface area (Å²) in [5, 5.41) is 21.3. The topological polar surface area (TPSA) is 76.4 Å². The van der Waals surface area contributed by atoms with E-state index >= 15 is 0 Å². The van der Waals surface area contributed by atoms with Gasteiger partial charge in [0.15, 0.2) is 0 Å². The van der Waals surface area contributed by atoms with E-state index in [1.54, 1.807) is 24.9 Å². The third-order valence-corrected chi connectivity index (χ3v) is 3.99. The lowest BCUT2D eigenvalue weighted by atomic mass is 9.99. The van der Waals surface area contributed by atoms with Gasteiger partial charge in [-0.05, 0) is 36.1 Å². The molecule has 0 spiro atoms. The molecule has 0 aromatic heterocycles. The number of benzene rings is 2. The van der Waals surface area contributed by atoms with Crippen molar-refractivity contribution in [2.75, 3.05) is 13.6 Å². The van der Waals surface area contributed by atoms with Crippen molar-refractivity contribution in [3.8, 4) is 17.2 Å². The van der Waals surface area contributed by atoms with Crippen LogP contribution in [0.5, 0.6) is 0 Å². The van der Waals surface area contributed by atoms with Crippen molar-refractivity contribution in [2.45, 2.75) is 26.0 Å². The van der Waals surface area contributed by atoms with Crippen molar-refractivity contribution < 1.29 is 9.90 Å². The Balaban J connectivity index is 1.95. The molecule has 0 bridgehead atoms. The number of nitrogens with zero attached hydrogens (tertiary/aromatic N) is 2. The fourth-order valence-corrected chi connectivity index (χ4v) is 2.43. The molecule has 0 heterocycles. The molecule has 2 rings (SSSR count). The molecule has 2 aromatic carbocycles. The lowest BCUT2D eigenvalue weighted by Gasteiger charge is -2.18. The maximum Gasteiger partial charge on any atom is 0.317 e. The van der Waals surface area contributed by atoms with E-state index in [2.05, 4.69) is 11.4 Å². The number of nitrogens with one attached hydrogen (secondary N) is 1. The van der Waals surface area contributed by atoms with Crippen LogP contribution in [0.4, 0.5) is 4.79 Å². The van der Waals surface area contributed by atoms with E-state index in [9.17, 15) is 15.2 Å². The van der Waals surface area contributed by atoms with Crippen LogP contribution in [0.2, 0.25) is 0 Å². The van der Waals surface area contributed by atoms with E-state index < -0.39 is 6.10 Å². The minimum atomic E-state index is -0.418. The number of nitriles is 1. The largest absolute Gasteiger partial charge is 0.393 e. The summed E-state index contributed by atoms with van der Waals surface area (Å²) in [5.41, 5.74) is 3.50. The van der Waals surface area contributed by atoms with E-state index in [1.807, 2.05) is 42.5 Å². The number of hydrogen-bond acceptors (Lipinski definition) is 3. The first kappa shape index (κ1) is 18.5. The van der Waals surface area contributed by atoms with E-state index in [0.717, 1.165) is 16.7 Å². The molecule has 0 aliphatic heterocycles. The predicted molar refractivity (Wildman–Crippen MR) is 97.8 cm³/mol. The van der Waals surface area contributed by atoms with Gasteiger partial charge in [-0.25, -0.2) is 4.79 Å². The molecular formula is C20H23N3O2. The van der Waals surface area contributed by atoms with Crippen molar-refractivity contribution in [1.29, 1.82) is 5.26 Å². The summed E-state index contributed by atoms with van der Waals surface area (Å²) in [4.78, 5) is 13.6. The molecule has 130 valence electrons. The summed E-state index contributed by atoms with van der Waals surface area (Å²) in [6, 6.07) is 17.3. The van der Waals surface area contributed by atoms with E-state index in [1.165, 1.54) is 0 Å². The second-order valence-corrected chi connectivity index (χ2v) is 6.07. The lowest BCUT2D eigenvalue weighted by molar-refractivity contribution is 0.163. The van der Waals surface area contributed by atoms with Gasteiger partial charge in [0.2, 0.25) is 0 Å². The van der Waals surface area contributed by atoms with Crippen LogP contribution >= 0.6 is 0 Å². The molecule has 1 unspecified atom stereocenters. The molecule has 2 N–H and O–H groups in total. The van der Waals surface area contributed by atoms with E-state index in [0.29, 0.717) is 25.1 Å². The van der Waals surface area contributed by atoms with Crippen molar-refractivity contribution in [3.63, 3.8) is 0 Å². The van der Waals surface area contributed by atoms with Gasteiger partial charge in [-0.1, -0.05) is 42.5 Å². The van der Waals surface area contributed by atoms with Crippen LogP contribution in [-0.4, -0.2) is 35.7 Å². The zero-order chi connectivity index (χ0) is 18.2. The molecular weight excluding hydrogens is 314 g/mol. The Kier molecular flexibility index (Phi) is 6.55. The smallest absolute Gasteiger partial charge is 0.317 e. The number of carbonyl (C=O) groups excluding carboxylic acids is 1. The Morgan fingerprint density at radius 1 is 1.24 bits per heavy atom. The molecule has 0 saturated carbocycles. The number of urea groups is 1. The molecule has 25 heavy (non-hydrogen) atoms. The van der Waals surface area contributed by atoms with Gasteiger partial charge in [-0.3, -0.25) is 0 Å². The average molecular weight is 337 g/mol. The molecule has 5 heteroatoms. The second kappa shape index (κ2) is 8.86. The fraction of sp³-hybridized carbons (Fsp3) is 0.300. The van der Waals surface area contributed by atoms with Crippen molar-refractivity contribution in [3.05, 3.63) is 59.7 Å². The number of carbonyl (C=O) groups is 1. The van der Waals surface area contributed by atoms with Gasteiger partial charge < -0.3 is 15.3 Å². The maximum absolute atomic E-state index is 12.0. The molecule has 0 saturated heterocycles.